The maximum atomic E-state index is 13.1. The largest absolute Gasteiger partial charge is 0.326 e. The minimum absolute atomic E-state index is 0.220. The third-order valence-corrected chi connectivity index (χ3v) is 3.43. The van der Waals surface area contributed by atoms with Crippen LogP contribution in [-0.2, 0) is 6.42 Å². The van der Waals surface area contributed by atoms with Gasteiger partial charge in [-0.2, -0.15) is 0 Å². The molecule has 0 bridgehead atoms. The average Bonchev–Trinajstić information content (AvgIpc) is 2.46. The highest BCUT2D eigenvalue weighted by atomic mass is 19.1. The number of halogens is 1. The van der Waals surface area contributed by atoms with E-state index in [4.69, 9.17) is 0 Å². The predicted molar refractivity (Wildman–Crippen MR) is 77.5 cm³/mol. The summed E-state index contributed by atoms with van der Waals surface area (Å²) in [5.41, 5.74) is 2.58. The maximum Gasteiger partial charge on any atom is 0.326 e. The number of fused-ring (bicyclic) bond motifs is 1. The van der Waals surface area contributed by atoms with Gasteiger partial charge in [-0.25, -0.2) is 9.18 Å². The van der Waals surface area contributed by atoms with Crippen molar-refractivity contribution in [2.45, 2.75) is 12.8 Å². The molecule has 0 atom stereocenters. The smallest absolute Gasteiger partial charge is 0.307 e. The number of hydrogen-bond donors (Lipinski definition) is 1. The van der Waals surface area contributed by atoms with Crippen LogP contribution in [0, 0.1) is 5.82 Å². The second-order valence-electron chi connectivity index (χ2n) is 4.82. The van der Waals surface area contributed by atoms with E-state index in [0.29, 0.717) is 12.2 Å². The fourth-order valence-electron chi connectivity index (χ4n) is 2.50. The van der Waals surface area contributed by atoms with Gasteiger partial charge in [0.25, 0.3) is 0 Å². The van der Waals surface area contributed by atoms with Gasteiger partial charge in [-0.1, -0.05) is 24.3 Å². The van der Waals surface area contributed by atoms with Crippen molar-refractivity contribution in [1.29, 1.82) is 0 Å². The maximum absolute atomic E-state index is 13.1. The van der Waals surface area contributed by atoms with E-state index in [2.05, 4.69) is 5.32 Å². The summed E-state index contributed by atoms with van der Waals surface area (Å²) >= 11 is 0. The number of carbonyl (C=O) groups excluding carboxylic acids is 1. The van der Waals surface area contributed by atoms with Crippen molar-refractivity contribution in [1.82, 2.24) is 0 Å². The molecule has 4 heteroatoms. The Morgan fingerprint density at radius 3 is 2.85 bits per heavy atom. The normalized spacial score (nSPS) is 13.8. The molecule has 0 unspecified atom stereocenters. The molecule has 3 rings (SSSR count). The second-order valence-corrected chi connectivity index (χ2v) is 4.82. The highest BCUT2D eigenvalue weighted by Gasteiger charge is 2.22. The van der Waals surface area contributed by atoms with Gasteiger partial charge in [-0.15, -0.1) is 0 Å². The van der Waals surface area contributed by atoms with Crippen molar-refractivity contribution in [2.24, 2.45) is 0 Å². The quantitative estimate of drug-likeness (QED) is 0.839. The zero-order chi connectivity index (χ0) is 13.9. The average molecular weight is 270 g/mol. The number of carbonyl (C=O) groups is 1. The molecule has 2 amide bonds. The van der Waals surface area contributed by atoms with Crippen LogP contribution in [0.4, 0.5) is 20.6 Å². The number of nitrogens with one attached hydrogen (secondary N) is 1. The predicted octanol–water partition coefficient (Wildman–Crippen LogP) is 3.81. The number of nitrogens with zero attached hydrogens (tertiary/aromatic N) is 1. The molecule has 102 valence electrons. The van der Waals surface area contributed by atoms with Crippen LogP contribution in [0.3, 0.4) is 0 Å². The van der Waals surface area contributed by atoms with Crippen LogP contribution in [0.15, 0.2) is 48.5 Å². The van der Waals surface area contributed by atoms with E-state index in [9.17, 15) is 9.18 Å². The second kappa shape index (κ2) is 5.33. The first-order valence-electron chi connectivity index (χ1n) is 6.66. The van der Waals surface area contributed by atoms with Gasteiger partial charge in [-0.05, 0) is 42.7 Å². The minimum atomic E-state index is -0.359. The van der Waals surface area contributed by atoms with Gasteiger partial charge in [0.05, 0.1) is 0 Å². The van der Waals surface area contributed by atoms with Gasteiger partial charge in [0.2, 0.25) is 0 Å². The lowest BCUT2D eigenvalue weighted by Gasteiger charge is -2.29. The molecule has 0 saturated heterocycles. The molecular formula is C16H15FN2O. The third kappa shape index (κ3) is 2.50. The minimum Gasteiger partial charge on any atom is -0.307 e. The Hall–Kier alpha value is -2.36. The fraction of sp³-hybridized carbons (Fsp3) is 0.188. The molecule has 20 heavy (non-hydrogen) atoms. The molecule has 0 radical (unpaired) electrons. The first-order valence-corrected chi connectivity index (χ1v) is 6.66. The molecule has 1 aliphatic heterocycles. The molecule has 1 aliphatic rings. The Balaban J connectivity index is 1.82. The molecular weight excluding hydrogens is 255 g/mol. The lowest BCUT2D eigenvalue weighted by atomic mass is 10.0. The number of anilines is 2. The Bertz CT molecular complexity index is 642. The summed E-state index contributed by atoms with van der Waals surface area (Å²) in [6.45, 7) is 0.679. The Morgan fingerprint density at radius 1 is 1.15 bits per heavy atom. The summed E-state index contributed by atoms with van der Waals surface area (Å²) in [5.74, 6) is -0.359. The van der Waals surface area contributed by atoms with Crippen LogP contribution in [0.2, 0.25) is 0 Å². The van der Waals surface area contributed by atoms with Gasteiger partial charge in [0.1, 0.15) is 5.82 Å². The van der Waals surface area contributed by atoms with Gasteiger partial charge >= 0.3 is 6.03 Å². The van der Waals surface area contributed by atoms with Crippen LogP contribution < -0.4 is 10.2 Å². The molecule has 2 aromatic carbocycles. The zero-order valence-electron chi connectivity index (χ0n) is 11.0. The number of benzene rings is 2. The van der Waals surface area contributed by atoms with Crippen LogP contribution in [0.5, 0.6) is 0 Å². The van der Waals surface area contributed by atoms with Gasteiger partial charge < -0.3 is 5.32 Å². The highest BCUT2D eigenvalue weighted by molar-refractivity contribution is 6.02. The molecule has 0 aliphatic carbocycles. The summed E-state index contributed by atoms with van der Waals surface area (Å²) in [5, 5.41) is 2.74. The van der Waals surface area contributed by atoms with E-state index in [0.717, 1.165) is 18.5 Å². The monoisotopic (exact) mass is 270 g/mol. The Morgan fingerprint density at radius 2 is 2.00 bits per heavy atom. The van der Waals surface area contributed by atoms with Gasteiger partial charge in [0.15, 0.2) is 0 Å². The van der Waals surface area contributed by atoms with Crippen molar-refractivity contribution >= 4 is 17.4 Å². The number of hydrogen-bond acceptors (Lipinski definition) is 1. The molecule has 2 aromatic rings. The first kappa shape index (κ1) is 12.7. The highest BCUT2D eigenvalue weighted by Crippen LogP contribution is 2.27. The number of para-hydroxylation sites is 1. The van der Waals surface area contributed by atoms with Crippen molar-refractivity contribution in [3.8, 4) is 0 Å². The van der Waals surface area contributed by atoms with Crippen molar-refractivity contribution in [3.63, 3.8) is 0 Å². The molecule has 1 N–H and O–H groups in total. The Kier molecular flexibility index (Phi) is 3.37. The lowest BCUT2D eigenvalue weighted by molar-refractivity contribution is 0.256. The molecule has 0 spiro atoms. The first-order chi connectivity index (χ1) is 9.74. The molecule has 0 saturated carbocycles. The number of rotatable bonds is 1. The van der Waals surface area contributed by atoms with E-state index in [1.807, 2.05) is 24.3 Å². The van der Waals surface area contributed by atoms with E-state index >= 15 is 0 Å². The van der Waals surface area contributed by atoms with E-state index < -0.39 is 0 Å². The van der Waals surface area contributed by atoms with Crippen molar-refractivity contribution < 1.29 is 9.18 Å². The zero-order valence-corrected chi connectivity index (χ0v) is 11.0. The summed E-state index contributed by atoms with van der Waals surface area (Å²) < 4.78 is 13.1. The van der Waals surface area contributed by atoms with Crippen LogP contribution in [-0.4, -0.2) is 12.6 Å². The van der Waals surface area contributed by atoms with Gasteiger partial charge in [0, 0.05) is 17.9 Å². The standard InChI is InChI=1S/C16H15FN2O/c17-13-7-3-8-14(11-13)18-16(20)19-10-4-6-12-5-1-2-9-15(12)19/h1-3,5,7-9,11H,4,6,10H2,(H,18,20). The van der Waals surface area contributed by atoms with E-state index in [1.54, 1.807) is 17.0 Å². The summed E-state index contributed by atoms with van der Waals surface area (Å²) in [6.07, 6.45) is 1.92. The molecule has 0 aromatic heterocycles. The third-order valence-electron chi connectivity index (χ3n) is 3.43. The fourth-order valence-corrected chi connectivity index (χ4v) is 2.50. The number of amides is 2. The van der Waals surface area contributed by atoms with Gasteiger partial charge in [-0.3, -0.25) is 4.90 Å². The van der Waals surface area contributed by atoms with Crippen molar-refractivity contribution in [3.05, 3.63) is 59.9 Å². The summed E-state index contributed by atoms with van der Waals surface area (Å²) in [6, 6.07) is 13.6. The lowest BCUT2D eigenvalue weighted by Crippen LogP contribution is -2.38. The molecule has 3 nitrogen and oxygen atoms in total. The number of urea groups is 1. The van der Waals surface area contributed by atoms with Crippen LogP contribution in [0.25, 0.3) is 0 Å². The van der Waals surface area contributed by atoms with Crippen molar-refractivity contribution in [2.75, 3.05) is 16.8 Å². The van der Waals surface area contributed by atoms with E-state index in [1.165, 1.54) is 17.7 Å². The Labute approximate surface area is 117 Å². The molecule has 1 heterocycles. The SMILES string of the molecule is O=C(Nc1cccc(F)c1)N1CCCc2ccccc21. The van der Waals surface area contributed by atoms with Crippen LogP contribution in [0.1, 0.15) is 12.0 Å². The van der Waals surface area contributed by atoms with E-state index in [-0.39, 0.29) is 11.8 Å². The summed E-state index contributed by atoms with van der Waals surface area (Å²) in [4.78, 5) is 14.0. The molecule has 0 fully saturated rings. The number of aryl methyl sites for hydroxylation is 1. The van der Waals surface area contributed by atoms with Crippen LogP contribution >= 0.6 is 0 Å². The summed E-state index contributed by atoms with van der Waals surface area (Å²) in [7, 11) is 0. The topological polar surface area (TPSA) is 32.3 Å².